The van der Waals surface area contributed by atoms with E-state index in [4.69, 9.17) is 4.98 Å². The average Bonchev–Trinajstić information content (AvgIpc) is 3.21. The largest absolute Gasteiger partial charge is 0.359 e. The second-order valence-electron chi connectivity index (χ2n) is 8.25. The Bertz CT molecular complexity index is 953. The number of amides is 2. The van der Waals surface area contributed by atoms with Crippen LogP contribution < -0.4 is 10.6 Å². The Hall–Kier alpha value is -2.54. The van der Waals surface area contributed by atoms with E-state index < -0.39 is 5.92 Å². The standard InChI is InChI=1S/C25H35N3O3S/c1-6-16(4)20(12-10-19(29)8-3)28-25(31)18(14-23(30)26-5)15-24-27-21-11-9-17(7-2)13-22(21)32-24/h8-9,11,13,16,18,20H,3,6-7,10,12,14-15H2,1-2,4-5H3,(H,26,30)(H,28,31)/t16-,18-,20+/m0/s1. The number of aryl methyl sites for hydroxylation is 1. The van der Waals surface area contributed by atoms with Crippen molar-refractivity contribution >= 4 is 39.2 Å². The number of carbonyl (C=O) groups is 3. The summed E-state index contributed by atoms with van der Waals surface area (Å²) < 4.78 is 1.10. The summed E-state index contributed by atoms with van der Waals surface area (Å²) in [6.45, 7) is 9.77. The van der Waals surface area contributed by atoms with Gasteiger partial charge in [-0.1, -0.05) is 39.8 Å². The summed E-state index contributed by atoms with van der Waals surface area (Å²) in [6, 6.07) is 6.09. The summed E-state index contributed by atoms with van der Waals surface area (Å²) in [5, 5.41) is 6.59. The summed E-state index contributed by atoms with van der Waals surface area (Å²) in [6.07, 6.45) is 4.55. The summed E-state index contributed by atoms with van der Waals surface area (Å²) in [7, 11) is 1.57. The van der Waals surface area contributed by atoms with Gasteiger partial charge in [0.1, 0.15) is 0 Å². The minimum Gasteiger partial charge on any atom is -0.359 e. The number of nitrogens with one attached hydrogen (secondary N) is 2. The molecule has 32 heavy (non-hydrogen) atoms. The highest BCUT2D eigenvalue weighted by Crippen LogP contribution is 2.26. The number of ketones is 1. The third kappa shape index (κ3) is 7.26. The monoisotopic (exact) mass is 457 g/mol. The molecular formula is C25H35N3O3S. The number of fused-ring (bicyclic) bond motifs is 1. The fourth-order valence-corrected chi connectivity index (χ4v) is 4.71. The number of carbonyl (C=O) groups excluding carboxylic acids is 3. The molecule has 0 fully saturated rings. The smallest absolute Gasteiger partial charge is 0.224 e. The summed E-state index contributed by atoms with van der Waals surface area (Å²) in [5.74, 6) is -0.690. The van der Waals surface area contributed by atoms with Gasteiger partial charge in [-0.05, 0) is 42.5 Å². The topological polar surface area (TPSA) is 88.2 Å². The van der Waals surface area contributed by atoms with Crippen LogP contribution in [0.25, 0.3) is 10.2 Å². The number of nitrogens with zero attached hydrogens (tertiary/aromatic N) is 1. The highest BCUT2D eigenvalue weighted by molar-refractivity contribution is 7.18. The number of hydrogen-bond donors (Lipinski definition) is 2. The van der Waals surface area contributed by atoms with Gasteiger partial charge in [0.15, 0.2) is 5.78 Å². The maximum absolute atomic E-state index is 13.2. The second-order valence-corrected chi connectivity index (χ2v) is 9.37. The van der Waals surface area contributed by atoms with Gasteiger partial charge >= 0.3 is 0 Å². The summed E-state index contributed by atoms with van der Waals surface area (Å²) >= 11 is 1.58. The van der Waals surface area contributed by atoms with Crippen LogP contribution in [0, 0.1) is 11.8 Å². The molecule has 0 aliphatic rings. The number of aromatic nitrogens is 1. The number of thiazole rings is 1. The summed E-state index contributed by atoms with van der Waals surface area (Å²) in [5.41, 5.74) is 2.17. The quantitative estimate of drug-likeness (QED) is 0.441. The first-order chi connectivity index (χ1) is 15.3. The van der Waals surface area contributed by atoms with E-state index in [1.54, 1.807) is 18.4 Å². The number of rotatable bonds is 13. The average molecular weight is 458 g/mol. The Morgan fingerprint density at radius 2 is 2.00 bits per heavy atom. The van der Waals surface area contributed by atoms with Gasteiger partial charge < -0.3 is 10.6 Å². The van der Waals surface area contributed by atoms with Crippen LogP contribution >= 0.6 is 11.3 Å². The molecule has 0 aliphatic heterocycles. The van der Waals surface area contributed by atoms with Crippen LogP contribution in [0.1, 0.15) is 57.0 Å². The molecule has 0 saturated carbocycles. The molecule has 1 aromatic heterocycles. The van der Waals surface area contributed by atoms with Crippen molar-refractivity contribution in [1.82, 2.24) is 15.6 Å². The van der Waals surface area contributed by atoms with Gasteiger partial charge in [-0.25, -0.2) is 4.98 Å². The zero-order chi connectivity index (χ0) is 23.7. The van der Waals surface area contributed by atoms with Crippen LogP contribution in [-0.4, -0.2) is 35.7 Å². The molecule has 2 amide bonds. The molecule has 0 unspecified atom stereocenters. The SMILES string of the molecule is C=CC(=O)CC[C@@H](NC(=O)[C@@H](CC(=O)NC)Cc1nc2ccc(CC)cc2s1)[C@@H](C)CC. The fraction of sp³-hybridized carbons (Fsp3) is 0.520. The van der Waals surface area contributed by atoms with E-state index in [1.807, 2.05) is 6.07 Å². The molecule has 1 heterocycles. The molecule has 3 atom stereocenters. The van der Waals surface area contributed by atoms with Crippen LogP contribution in [0.2, 0.25) is 0 Å². The molecule has 6 nitrogen and oxygen atoms in total. The minimum absolute atomic E-state index is 0.0320. The Kier molecular flexibility index (Phi) is 10.0. The van der Waals surface area contributed by atoms with E-state index in [9.17, 15) is 14.4 Å². The van der Waals surface area contributed by atoms with E-state index in [2.05, 4.69) is 50.1 Å². The lowest BCUT2D eigenvalue weighted by atomic mass is 9.92. The van der Waals surface area contributed by atoms with E-state index in [0.717, 1.165) is 28.1 Å². The second kappa shape index (κ2) is 12.5. The lowest BCUT2D eigenvalue weighted by Crippen LogP contribution is -2.44. The lowest BCUT2D eigenvalue weighted by Gasteiger charge is -2.26. The normalized spacial score (nSPS) is 13.9. The Morgan fingerprint density at radius 1 is 1.25 bits per heavy atom. The molecule has 0 aliphatic carbocycles. The van der Waals surface area contributed by atoms with E-state index in [1.165, 1.54) is 11.6 Å². The van der Waals surface area contributed by atoms with Crippen molar-refractivity contribution in [3.8, 4) is 0 Å². The highest BCUT2D eigenvalue weighted by Gasteiger charge is 2.27. The number of hydrogen-bond acceptors (Lipinski definition) is 5. The Morgan fingerprint density at radius 3 is 2.62 bits per heavy atom. The molecule has 0 radical (unpaired) electrons. The van der Waals surface area contributed by atoms with Crippen molar-refractivity contribution in [2.45, 2.75) is 65.3 Å². The number of benzene rings is 1. The maximum atomic E-state index is 13.2. The first kappa shape index (κ1) is 25.7. The van der Waals surface area contributed by atoms with Gasteiger partial charge in [0, 0.05) is 32.4 Å². The molecule has 2 aromatic rings. The van der Waals surface area contributed by atoms with Gasteiger partial charge in [-0.3, -0.25) is 14.4 Å². The van der Waals surface area contributed by atoms with Crippen molar-refractivity contribution < 1.29 is 14.4 Å². The van der Waals surface area contributed by atoms with Gasteiger partial charge in [-0.15, -0.1) is 11.3 Å². The lowest BCUT2D eigenvalue weighted by molar-refractivity contribution is -0.131. The van der Waals surface area contributed by atoms with Crippen LogP contribution in [0.15, 0.2) is 30.9 Å². The van der Waals surface area contributed by atoms with E-state index >= 15 is 0 Å². The number of allylic oxidation sites excluding steroid dienone is 1. The molecule has 7 heteroatoms. The first-order valence-corrected chi connectivity index (χ1v) is 12.2. The maximum Gasteiger partial charge on any atom is 0.224 e. The predicted molar refractivity (Wildman–Crippen MR) is 131 cm³/mol. The molecule has 0 spiro atoms. The van der Waals surface area contributed by atoms with Gasteiger partial charge in [0.2, 0.25) is 11.8 Å². The van der Waals surface area contributed by atoms with Crippen LogP contribution in [0.5, 0.6) is 0 Å². The molecule has 2 N–H and O–H groups in total. The molecule has 0 saturated heterocycles. The zero-order valence-corrected chi connectivity index (χ0v) is 20.4. The van der Waals surface area contributed by atoms with Crippen molar-refractivity contribution in [2.75, 3.05) is 7.05 Å². The molecule has 1 aromatic carbocycles. The van der Waals surface area contributed by atoms with E-state index in [0.29, 0.717) is 19.3 Å². The van der Waals surface area contributed by atoms with Gasteiger partial charge in [-0.2, -0.15) is 0 Å². The fourth-order valence-electron chi connectivity index (χ4n) is 3.60. The van der Waals surface area contributed by atoms with Crippen molar-refractivity contribution in [3.05, 3.63) is 41.4 Å². The van der Waals surface area contributed by atoms with Crippen molar-refractivity contribution in [3.63, 3.8) is 0 Å². The van der Waals surface area contributed by atoms with Gasteiger partial charge in [0.05, 0.1) is 21.1 Å². The highest BCUT2D eigenvalue weighted by atomic mass is 32.1. The van der Waals surface area contributed by atoms with Crippen LogP contribution in [0.3, 0.4) is 0 Å². The Balaban J connectivity index is 2.20. The molecule has 0 bridgehead atoms. The van der Waals surface area contributed by atoms with Crippen LogP contribution in [0.4, 0.5) is 0 Å². The van der Waals surface area contributed by atoms with Gasteiger partial charge in [0.25, 0.3) is 0 Å². The van der Waals surface area contributed by atoms with Crippen molar-refractivity contribution in [1.29, 1.82) is 0 Å². The minimum atomic E-state index is -0.525. The third-order valence-electron chi connectivity index (χ3n) is 6.00. The summed E-state index contributed by atoms with van der Waals surface area (Å²) in [4.78, 5) is 41.8. The van der Waals surface area contributed by atoms with E-state index in [-0.39, 0.29) is 36.0 Å². The van der Waals surface area contributed by atoms with Crippen LogP contribution in [-0.2, 0) is 27.2 Å². The zero-order valence-electron chi connectivity index (χ0n) is 19.6. The molecule has 174 valence electrons. The Labute approximate surface area is 194 Å². The predicted octanol–water partition coefficient (Wildman–Crippen LogP) is 4.22. The van der Waals surface area contributed by atoms with Crippen molar-refractivity contribution in [2.24, 2.45) is 11.8 Å². The third-order valence-corrected chi connectivity index (χ3v) is 7.04. The molecular weight excluding hydrogens is 422 g/mol. The molecule has 2 rings (SSSR count). The first-order valence-electron chi connectivity index (χ1n) is 11.4.